The third kappa shape index (κ3) is 2.85. The van der Waals surface area contributed by atoms with Crippen molar-refractivity contribution in [2.45, 2.75) is 13.0 Å². The lowest BCUT2D eigenvalue weighted by Crippen LogP contribution is -2.27. The molecule has 0 aliphatic rings. The number of nitrogens with one attached hydrogen (secondary N) is 2. The summed E-state index contributed by atoms with van der Waals surface area (Å²) in [4.78, 5) is 12.2. The first kappa shape index (κ1) is 13.8. The molecule has 0 spiro atoms. The lowest BCUT2D eigenvalue weighted by atomic mass is 10.1. The molecule has 2 aromatic rings. The van der Waals surface area contributed by atoms with E-state index in [4.69, 9.17) is 9.47 Å². The van der Waals surface area contributed by atoms with E-state index in [1.165, 1.54) is 7.11 Å². The molecular formula is C12H15N5O3. The third-order valence-corrected chi connectivity index (χ3v) is 2.75. The summed E-state index contributed by atoms with van der Waals surface area (Å²) in [5.74, 6) is 1.17. The zero-order valence-corrected chi connectivity index (χ0v) is 11.4. The van der Waals surface area contributed by atoms with E-state index in [1.54, 1.807) is 32.2 Å². The van der Waals surface area contributed by atoms with Gasteiger partial charge in [0.25, 0.3) is 5.91 Å². The summed E-state index contributed by atoms with van der Waals surface area (Å²) in [7, 11) is 3.04. The summed E-state index contributed by atoms with van der Waals surface area (Å²) < 4.78 is 10.3. The van der Waals surface area contributed by atoms with Crippen LogP contribution in [0.3, 0.4) is 0 Å². The number of carbonyl (C=O) groups is 1. The molecule has 8 nitrogen and oxygen atoms in total. The number of tetrazole rings is 1. The molecule has 1 amide bonds. The molecule has 0 aliphatic carbocycles. The highest BCUT2D eigenvalue weighted by molar-refractivity contribution is 5.97. The maximum Gasteiger partial charge on any atom is 0.255 e. The molecule has 0 radical (unpaired) electrons. The van der Waals surface area contributed by atoms with Gasteiger partial charge in [-0.2, -0.15) is 5.21 Å². The molecule has 0 fully saturated rings. The van der Waals surface area contributed by atoms with Crippen molar-refractivity contribution < 1.29 is 14.3 Å². The van der Waals surface area contributed by atoms with Crippen LogP contribution in [0.4, 0.5) is 0 Å². The van der Waals surface area contributed by atoms with Crippen LogP contribution in [-0.2, 0) is 0 Å². The van der Waals surface area contributed by atoms with E-state index in [2.05, 4.69) is 25.9 Å². The number of hydrogen-bond acceptors (Lipinski definition) is 6. The van der Waals surface area contributed by atoms with E-state index in [9.17, 15) is 4.79 Å². The Balaban J connectivity index is 2.16. The predicted octanol–water partition coefficient (Wildman–Crippen LogP) is 0.708. The second-order valence-electron chi connectivity index (χ2n) is 4.03. The Hall–Kier alpha value is -2.64. The Morgan fingerprint density at radius 1 is 1.35 bits per heavy atom. The number of rotatable bonds is 5. The second kappa shape index (κ2) is 6.00. The molecule has 8 heteroatoms. The number of aromatic nitrogens is 4. The number of amides is 1. The molecule has 1 aromatic carbocycles. The molecule has 2 N–H and O–H groups in total. The summed E-state index contributed by atoms with van der Waals surface area (Å²) in [6.45, 7) is 1.76. The number of nitrogens with zero attached hydrogens (tertiary/aromatic N) is 3. The maximum absolute atomic E-state index is 12.2. The average Bonchev–Trinajstić information content (AvgIpc) is 3.00. The SMILES string of the molecule is COc1ccc(C(=O)NC(C)c2nn[nH]n2)c(OC)c1. The highest BCUT2D eigenvalue weighted by Crippen LogP contribution is 2.24. The normalized spacial score (nSPS) is 11.8. The Morgan fingerprint density at radius 2 is 2.15 bits per heavy atom. The number of hydrogen-bond donors (Lipinski definition) is 2. The molecule has 0 saturated heterocycles. The third-order valence-electron chi connectivity index (χ3n) is 2.75. The van der Waals surface area contributed by atoms with Crippen LogP contribution in [0, 0.1) is 0 Å². The molecule has 1 atom stereocenters. The minimum absolute atomic E-state index is 0.290. The van der Waals surface area contributed by atoms with E-state index in [0.717, 1.165) is 0 Å². The van der Waals surface area contributed by atoms with Gasteiger partial charge >= 0.3 is 0 Å². The zero-order valence-electron chi connectivity index (χ0n) is 11.4. The van der Waals surface area contributed by atoms with Crippen LogP contribution in [-0.4, -0.2) is 40.8 Å². The Kier molecular flexibility index (Phi) is 4.14. The molecule has 1 heterocycles. The number of aromatic amines is 1. The van der Waals surface area contributed by atoms with Crippen LogP contribution in [0.2, 0.25) is 0 Å². The predicted molar refractivity (Wildman–Crippen MR) is 69.6 cm³/mol. The van der Waals surface area contributed by atoms with E-state index in [1.807, 2.05) is 0 Å². The van der Waals surface area contributed by atoms with Gasteiger partial charge < -0.3 is 14.8 Å². The monoisotopic (exact) mass is 277 g/mol. The summed E-state index contributed by atoms with van der Waals surface area (Å²) in [5.41, 5.74) is 0.406. The van der Waals surface area contributed by atoms with E-state index >= 15 is 0 Å². The summed E-state index contributed by atoms with van der Waals surface area (Å²) >= 11 is 0. The van der Waals surface area contributed by atoms with Crippen LogP contribution >= 0.6 is 0 Å². The number of ether oxygens (including phenoxy) is 2. The fraction of sp³-hybridized carbons (Fsp3) is 0.333. The van der Waals surface area contributed by atoms with E-state index in [-0.39, 0.29) is 11.9 Å². The van der Waals surface area contributed by atoms with Gasteiger partial charge in [0.05, 0.1) is 25.8 Å². The van der Waals surface area contributed by atoms with Gasteiger partial charge in [-0.1, -0.05) is 5.21 Å². The lowest BCUT2D eigenvalue weighted by molar-refractivity contribution is 0.0935. The van der Waals surface area contributed by atoms with Crippen molar-refractivity contribution in [3.63, 3.8) is 0 Å². The molecular weight excluding hydrogens is 262 g/mol. The average molecular weight is 277 g/mol. The minimum atomic E-state index is -0.368. The lowest BCUT2D eigenvalue weighted by Gasteiger charge is -2.13. The largest absolute Gasteiger partial charge is 0.497 e. The summed E-state index contributed by atoms with van der Waals surface area (Å²) in [5, 5.41) is 16.2. The van der Waals surface area contributed by atoms with Crippen molar-refractivity contribution in [2.24, 2.45) is 0 Å². The molecule has 106 valence electrons. The Bertz CT molecular complexity index is 585. The molecule has 20 heavy (non-hydrogen) atoms. The first-order chi connectivity index (χ1) is 9.65. The molecule has 1 aromatic heterocycles. The van der Waals surface area contributed by atoms with Crippen molar-refractivity contribution in [2.75, 3.05) is 14.2 Å². The van der Waals surface area contributed by atoms with Crippen molar-refractivity contribution >= 4 is 5.91 Å². The topological polar surface area (TPSA) is 102 Å². The number of carbonyl (C=O) groups excluding carboxylic acids is 1. The van der Waals surface area contributed by atoms with E-state index in [0.29, 0.717) is 22.9 Å². The second-order valence-corrected chi connectivity index (χ2v) is 4.03. The van der Waals surface area contributed by atoms with Gasteiger partial charge in [0.2, 0.25) is 0 Å². The van der Waals surface area contributed by atoms with Gasteiger partial charge in [0.15, 0.2) is 5.82 Å². The smallest absolute Gasteiger partial charge is 0.255 e. The van der Waals surface area contributed by atoms with Crippen LogP contribution in [0.15, 0.2) is 18.2 Å². The van der Waals surface area contributed by atoms with Crippen LogP contribution in [0.1, 0.15) is 29.1 Å². The molecule has 0 aliphatic heterocycles. The fourth-order valence-electron chi connectivity index (χ4n) is 1.68. The van der Waals surface area contributed by atoms with Gasteiger partial charge in [0, 0.05) is 6.07 Å². The van der Waals surface area contributed by atoms with Gasteiger partial charge in [-0.3, -0.25) is 4.79 Å². The highest BCUT2D eigenvalue weighted by atomic mass is 16.5. The van der Waals surface area contributed by atoms with Gasteiger partial charge in [0.1, 0.15) is 11.5 Å². The van der Waals surface area contributed by atoms with Crippen molar-refractivity contribution in [3.8, 4) is 11.5 Å². The molecule has 1 unspecified atom stereocenters. The number of methoxy groups -OCH3 is 2. The summed E-state index contributed by atoms with van der Waals surface area (Å²) in [6, 6.07) is 4.61. The number of H-pyrrole nitrogens is 1. The minimum Gasteiger partial charge on any atom is -0.497 e. The molecule has 0 saturated carbocycles. The van der Waals surface area contributed by atoms with Crippen LogP contribution < -0.4 is 14.8 Å². The van der Waals surface area contributed by atoms with Crippen molar-refractivity contribution in [1.82, 2.24) is 25.9 Å². The molecule has 2 rings (SSSR count). The van der Waals surface area contributed by atoms with Gasteiger partial charge in [-0.15, -0.1) is 10.2 Å². The standard InChI is InChI=1S/C12H15N5O3/c1-7(11-14-16-17-15-11)13-12(18)9-5-4-8(19-2)6-10(9)20-3/h4-7H,1-3H3,(H,13,18)(H,14,15,16,17). The quantitative estimate of drug-likeness (QED) is 0.834. The number of benzene rings is 1. The molecule has 0 bridgehead atoms. The fourth-order valence-corrected chi connectivity index (χ4v) is 1.68. The first-order valence-electron chi connectivity index (χ1n) is 5.92. The van der Waals surface area contributed by atoms with Crippen LogP contribution in [0.5, 0.6) is 11.5 Å². The zero-order chi connectivity index (χ0) is 14.5. The van der Waals surface area contributed by atoms with Crippen molar-refractivity contribution in [1.29, 1.82) is 0 Å². The van der Waals surface area contributed by atoms with Crippen molar-refractivity contribution in [3.05, 3.63) is 29.6 Å². The Labute approximate surface area is 115 Å². The van der Waals surface area contributed by atoms with Gasteiger partial charge in [-0.05, 0) is 19.1 Å². The highest BCUT2D eigenvalue weighted by Gasteiger charge is 2.18. The first-order valence-corrected chi connectivity index (χ1v) is 5.92. The van der Waals surface area contributed by atoms with Crippen LogP contribution in [0.25, 0.3) is 0 Å². The van der Waals surface area contributed by atoms with E-state index < -0.39 is 0 Å². The Morgan fingerprint density at radius 3 is 2.75 bits per heavy atom. The van der Waals surface area contributed by atoms with Gasteiger partial charge in [-0.25, -0.2) is 0 Å². The summed E-state index contributed by atoms with van der Waals surface area (Å²) in [6.07, 6.45) is 0. The maximum atomic E-state index is 12.2.